The number of rotatable bonds is 6. The summed E-state index contributed by atoms with van der Waals surface area (Å²) >= 11 is 12.0. The van der Waals surface area contributed by atoms with E-state index in [2.05, 4.69) is 31.8 Å². The molecule has 0 spiro atoms. The Hall–Kier alpha value is -2.74. The largest absolute Gasteiger partial charge is 0.309 e. The van der Waals surface area contributed by atoms with Crippen molar-refractivity contribution in [3.05, 3.63) is 78.8 Å². The lowest BCUT2D eigenvalue weighted by Crippen LogP contribution is -2.36. The maximum absolute atomic E-state index is 12.6. The van der Waals surface area contributed by atoms with Gasteiger partial charge in [0.2, 0.25) is 0 Å². The van der Waals surface area contributed by atoms with Crippen molar-refractivity contribution in [1.29, 1.82) is 0 Å². The Kier molecular flexibility index (Phi) is 5.49. The van der Waals surface area contributed by atoms with Gasteiger partial charge in [0.25, 0.3) is 11.1 Å². The highest BCUT2D eigenvalue weighted by atomic mass is 35.5. The molecule has 0 unspecified atom stereocenters. The molecule has 2 aromatic heterocycles. The Morgan fingerprint density at radius 1 is 0.906 bits per heavy atom. The molecule has 1 aliphatic rings. The Labute approximate surface area is 193 Å². The Balaban J connectivity index is 1.49. The number of nitrogens with zero attached hydrogens (tertiary/aromatic N) is 3. The van der Waals surface area contributed by atoms with Crippen LogP contribution >= 0.6 is 23.2 Å². The van der Waals surface area contributed by atoms with Gasteiger partial charge in [-0.2, -0.15) is 0 Å². The SMILES string of the molecule is C[C@@H](C1CC1)N(Cc1nc2ccc(Cl)cc2c(=O)[nH]1)Cc1nc2ccc(Cl)cc2c(=O)[nH]1. The second kappa shape index (κ2) is 8.31. The average molecular weight is 470 g/mol. The first kappa shape index (κ1) is 21.1. The lowest BCUT2D eigenvalue weighted by atomic mass is 10.1. The first-order chi connectivity index (χ1) is 15.4. The Bertz CT molecular complexity index is 1340. The van der Waals surface area contributed by atoms with Crippen molar-refractivity contribution >= 4 is 45.0 Å². The summed E-state index contributed by atoms with van der Waals surface area (Å²) in [4.78, 5) is 42.4. The summed E-state index contributed by atoms with van der Waals surface area (Å²) in [6, 6.07) is 10.4. The smallest absolute Gasteiger partial charge is 0.258 e. The zero-order valence-electron chi connectivity index (χ0n) is 17.4. The number of aromatic nitrogens is 4. The summed E-state index contributed by atoms with van der Waals surface area (Å²) in [5.41, 5.74) is 0.754. The molecule has 1 atom stereocenters. The van der Waals surface area contributed by atoms with Crippen molar-refractivity contribution in [2.75, 3.05) is 0 Å². The Morgan fingerprint density at radius 2 is 1.38 bits per heavy atom. The van der Waals surface area contributed by atoms with Crippen molar-refractivity contribution < 1.29 is 0 Å². The number of nitrogens with one attached hydrogen (secondary N) is 2. The van der Waals surface area contributed by atoms with Crippen molar-refractivity contribution in [2.45, 2.75) is 38.9 Å². The fraction of sp³-hybridized carbons (Fsp3) is 0.304. The monoisotopic (exact) mass is 469 g/mol. The van der Waals surface area contributed by atoms with Gasteiger partial charge in [-0.15, -0.1) is 0 Å². The molecule has 2 heterocycles. The van der Waals surface area contributed by atoms with Gasteiger partial charge in [-0.25, -0.2) is 9.97 Å². The molecule has 5 rings (SSSR count). The molecule has 32 heavy (non-hydrogen) atoms. The summed E-state index contributed by atoms with van der Waals surface area (Å²) in [6.07, 6.45) is 2.33. The van der Waals surface area contributed by atoms with E-state index in [1.807, 2.05) is 0 Å². The van der Waals surface area contributed by atoms with Gasteiger partial charge in [0.1, 0.15) is 11.6 Å². The number of hydrogen-bond acceptors (Lipinski definition) is 5. The van der Waals surface area contributed by atoms with Crippen LogP contribution < -0.4 is 11.1 Å². The van der Waals surface area contributed by atoms with Crippen molar-refractivity contribution in [2.24, 2.45) is 5.92 Å². The van der Waals surface area contributed by atoms with E-state index in [-0.39, 0.29) is 17.2 Å². The first-order valence-electron chi connectivity index (χ1n) is 10.5. The van der Waals surface area contributed by atoms with Crippen LogP contribution in [0.1, 0.15) is 31.4 Å². The number of aromatic amines is 2. The molecule has 0 saturated heterocycles. The minimum Gasteiger partial charge on any atom is -0.309 e. The second-order valence-corrected chi connectivity index (χ2v) is 9.20. The lowest BCUT2D eigenvalue weighted by molar-refractivity contribution is 0.163. The third-order valence-corrected chi connectivity index (χ3v) is 6.49. The fourth-order valence-corrected chi connectivity index (χ4v) is 4.42. The zero-order chi connectivity index (χ0) is 22.4. The molecule has 2 N–H and O–H groups in total. The van der Waals surface area contributed by atoms with Crippen LogP contribution in [0.3, 0.4) is 0 Å². The molecule has 1 aliphatic carbocycles. The third kappa shape index (κ3) is 4.28. The highest BCUT2D eigenvalue weighted by Crippen LogP contribution is 2.36. The van der Waals surface area contributed by atoms with E-state index in [0.717, 1.165) is 12.8 Å². The number of hydrogen-bond donors (Lipinski definition) is 2. The van der Waals surface area contributed by atoms with Gasteiger partial charge in [-0.05, 0) is 62.1 Å². The van der Waals surface area contributed by atoms with Crippen LogP contribution in [-0.4, -0.2) is 30.9 Å². The van der Waals surface area contributed by atoms with Gasteiger partial charge in [0.15, 0.2) is 0 Å². The molecular weight excluding hydrogens is 449 g/mol. The first-order valence-corrected chi connectivity index (χ1v) is 11.2. The molecule has 4 aromatic rings. The Morgan fingerprint density at radius 3 is 1.81 bits per heavy atom. The minimum absolute atomic E-state index is 0.222. The van der Waals surface area contributed by atoms with Gasteiger partial charge in [-0.3, -0.25) is 14.5 Å². The minimum atomic E-state index is -0.222. The predicted molar refractivity (Wildman–Crippen MR) is 126 cm³/mol. The molecule has 0 amide bonds. The molecule has 7 nitrogen and oxygen atoms in total. The van der Waals surface area contributed by atoms with Crippen LogP contribution in [0.15, 0.2) is 46.0 Å². The van der Waals surface area contributed by atoms with E-state index in [4.69, 9.17) is 23.2 Å². The van der Waals surface area contributed by atoms with Gasteiger partial charge < -0.3 is 9.97 Å². The average Bonchev–Trinajstić information content (AvgIpc) is 3.59. The van der Waals surface area contributed by atoms with E-state index in [0.29, 0.717) is 62.5 Å². The number of H-pyrrole nitrogens is 2. The van der Waals surface area contributed by atoms with Crippen LogP contribution in [0.4, 0.5) is 0 Å². The van der Waals surface area contributed by atoms with E-state index in [1.54, 1.807) is 36.4 Å². The number of halogens is 2. The highest BCUT2D eigenvalue weighted by molar-refractivity contribution is 6.31. The van der Waals surface area contributed by atoms with Crippen molar-refractivity contribution in [1.82, 2.24) is 24.8 Å². The maximum Gasteiger partial charge on any atom is 0.258 e. The van der Waals surface area contributed by atoms with Crippen LogP contribution in [-0.2, 0) is 13.1 Å². The van der Waals surface area contributed by atoms with Crippen LogP contribution in [0.2, 0.25) is 10.0 Å². The van der Waals surface area contributed by atoms with E-state index in [1.165, 1.54) is 0 Å². The molecule has 0 bridgehead atoms. The van der Waals surface area contributed by atoms with Crippen molar-refractivity contribution in [3.8, 4) is 0 Å². The second-order valence-electron chi connectivity index (χ2n) is 8.33. The topological polar surface area (TPSA) is 94.7 Å². The summed E-state index contributed by atoms with van der Waals surface area (Å²) < 4.78 is 0. The summed E-state index contributed by atoms with van der Waals surface area (Å²) in [5, 5.41) is 1.91. The molecule has 1 fully saturated rings. The molecule has 0 aliphatic heterocycles. The van der Waals surface area contributed by atoms with E-state index < -0.39 is 0 Å². The van der Waals surface area contributed by atoms with Crippen molar-refractivity contribution in [3.63, 3.8) is 0 Å². The highest BCUT2D eigenvalue weighted by Gasteiger charge is 2.32. The zero-order valence-corrected chi connectivity index (χ0v) is 18.9. The summed E-state index contributed by atoms with van der Waals surface area (Å²) in [6.45, 7) is 3.01. The van der Waals surface area contributed by atoms with Gasteiger partial charge in [0, 0.05) is 16.1 Å². The van der Waals surface area contributed by atoms with Gasteiger partial charge >= 0.3 is 0 Å². The van der Waals surface area contributed by atoms with E-state index >= 15 is 0 Å². The standard InChI is InChI=1S/C23H21Cl2N5O2/c1-12(13-2-3-13)30(10-20-26-18-6-4-14(24)8-16(18)22(31)28-20)11-21-27-19-7-5-15(25)9-17(19)23(32)29-21/h4-9,12-13H,2-3,10-11H2,1H3,(H,26,28,31)(H,27,29,32)/t12-/m0/s1. The lowest BCUT2D eigenvalue weighted by Gasteiger charge is -2.28. The fourth-order valence-electron chi connectivity index (χ4n) is 4.07. The number of fused-ring (bicyclic) bond motifs is 2. The van der Waals surface area contributed by atoms with Crippen LogP contribution in [0.25, 0.3) is 21.8 Å². The summed E-state index contributed by atoms with van der Waals surface area (Å²) in [5.74, 6) is 1.70. The molecule has 2 aromatic carbocycles. The van der Waals surface area contributed by atoms with Crippen LogP contribution in [0.5, 0.6) is 0 Å². The van der Waals surface area contributed by atoms with Gasteiger partial charge in [0.05, 0.1) is 34.9 Å². The quantitative estimate of drug-likeness (QED) is 0.439. The van der Waals surface area contributed by atoms with Gasteiger partial charge in [-0.1, -0.05) is 23.2 Å². The molecule has 0 radical (unpaired) electrons. The van der Waals surface area contributed by atoms with Crippen LogP contribution in [0, 0.1) is 5.92 Å². The predicted octanol–water partition coefficient (Wildman–Crippen LogP) is 4.27. The normalized spacial score (nSPS) is 15.0. The maximum atomic E-state index is 12.6. The third-order valence-electron chi connectivity index (χ3n) is 6.02. The molecule has 164 valence electrons. The van der Waals surface area contributed by atoms with E-state index in [9.17, 15) is 9.59 Å². The molecule has 1 saturated carbocycles. The summed E-state index contributed by atoms with van der Waals surface area (Å²) in [7, 11) is 0. The molecular formula is C23H21Cl2N5O2. The number of benzene rings is 2. The molecule has 9 heteroatoms.